The molecule has 0 aromatic rings. The van der Waals surface area contributed by atoms with Gasteiger partial charge in [-0.25, -0.2) is 8.78 Å². The maximum Gasteiger partial charge on any atom is 0.261 e. The zero-order valence-electron chi connectivity index (χ0n) is 10.2. The number of hydrogen-bond donors (Lipinski definition) is 1. The van der Waals surface area contributed by atoms with Gasteiger partial charge in [-0.2, -0.15) is 0 Å². The summed E-state index contributed by atoms with van der Waals surface area (Å²) in [5.41, 5.74) is 1.06. The van der Waals surface area contributed by atoms with Gasteiger partial charge < -0.3 is 9.84 Å². The highest BCUT2D eigenvalue weighted by Gasteiger charge is 2.12. The maximum atomic E-state index is 11.8. The summed E-state index contributed by atoms with van der Waals surface area (Å²) in [7, 11) is 0. The number of halogens is 2. The van der Waals surface area contributed by atoms with Crippen LogP contribution in [0.2, 0.25) is 0 Å². The summed E-state index contributed by atoms with van der Waals surface area (Å²) in [5.74, 6) is 0. The molecule has 1 atom stereocenters. The highest BCUT2D eigenvalue weighted by Crippen LogP contribution is 2.21. The van der Waals surface area contributed by atoms with E-state index in [-0.39, 0.29) is 6.61 Å². The number of alkyl halides is 2. The molecule has 0 amide bonds. The van der Waals surface area contributed by atoms with Gasteiger partial charge in [0.2, 0.25) is 0 Å². The van der Waals surface area contributed by atoms with Gasteiger partial charge in [0.05, 0.1) is 6.10 Å². The van der Waals surface area contributed by atoms with Crippen LogP contribution in [-0.4, -0.2) is 30.8 Å². The fourth-order valence-corrected chi connectivity index (χ4v) is 2.07. The van der Waals surface area contributed by atoms with Crippen LogP contribution in [-0.2, 0) is 4.74 Å². The van der Waals surface area contributed by atoms with Gasteiger partial charge in [0.15, 0.2) is 0 Å². The van der Waals surface area contributed by atoms with Crippen molar-refractivity contribution in [2.24, 2.45) is 0 Å². The molecule has 100 valence electrons. The van der Waals surface area contributed by atoms with Crippen molar-refractivity contribution in [3.8, 4) is 0 Å². The van der Waals surface area contributed by atoms with Crippen LogP contribution in [0.3, 0.4) is 0 Å². The van der Waals surface area contributed by atoms with Crippen molar-refractivity contribution in [3.05, 3.63) is 11.6 Å². The minimum absolute atomic E-state index is 0.197. The summed E-state index contributed by atoms with van der Waals surface area (Å²) in [6, 6.07) is 0. The minimum Gasteiger partial charge on any atom is -0.389 e. The molecule has 0 spiro atoms. The largest absolute Gasteiger partial charge is 0.389 e. The summed E-state index contributed by atoms with van der Waals surface area (Å²) in [6.45, 7) is -0.339. The fourth-order valence-electron chi connectivity index (χ4n) is 2.07. The smallest absolute Gasteiger partial charge is 0.261 e. The molecular weight excluding hydrogens is 226 g/mol. The molecule has 1 unspecified atom stereocenters. The maximum absolute atomic E-state index is 11.8. The van der Waals surface area contributed by atoms with Crippen molar-refractivity contribution < 1.29 is 18.6 Å². The van der Waals surface area contributed by atoms with Crippen LogP contribution in [0.4, 0.5) is 8.78 Å². The molecule has 1 aliphatic rings. The first-order valence-electron chi connectivity index (χ1n) is 6.43. The molecule has 1 aliphatic carbocycles. The SMILES string of the molecule is OC(CCOCC(F)F)C1=CCCCCCC1. The van der Waals surface area contributed by atoms with Crippen LogP contribution >= 0.6 is 0 Å². The van der Waals surface area contributed by atoms with Gasteiger partial charge in [0.25, 0.3) is 6.43 Å². The number of hydrogen-bond acceptors (Lipinski definition) is 2. The van der Waals surface area contributed by atoms with Crippen LogP contribution < -0.4 is 0 Å². The third-order valence-corrected chi connectivity index (χ3v) is 3.03. The molecule has 0 radical (unpaired) electrons. The van der Waals surface area contributed by atoms with Crippen LogP contribution in [0.5, 0.6) is 0 Å². The Balaban J connectivity index is 2.22. The Labute approximate surface area is 102 Å². The Morgan fingerprint density at radius 3 is 2.76 bits per heavy atom. The lowest BCUT2D eigenvalue weighted by molar-refractivity contribution is 0.00784. The zero-order valence-corrected chi connectivity index (χ0v) is 10.2. The van der Waals surface area contributed by atoms with E-state index in [1.54, 1.807) is 0 Å². The van der Waals surface area contributed by atoms with E-state index in [1.807, 2.05) is 0 Å². The molecule has 0 heterocycles. The normalized spacial score (nSPS) is 19.6. The predicted octanol–water partition coefficient (Wildman–Crippen LogP) is 3.30. The number of aliphatic hydroxyl groups excluding tert-OH is 1. The average molecular weight is 248 g/mol. The van der Waals surface area contributed by atoms with Gasteiger partial charge in [-0.15, -0.1) is 0 Å². The molecule has 2 nitrogen and oxygen atoms in total. The van der Waals surface area contributed by atoms with Crippen molar-refractivity contribution in [1.29, 1.82) is 0 Å². The first-order valence-corrected chi connectivity index (χ1v) is 6.43. The molecule has 0 saturated carbocycles. The van der Waals surface area contributed by atoms with E-state index in [1.165, 1.54) is 19.3 Å². The van der Waals surface area contributed by atoms with Gasteiger partial charge in [-0.05, 0) is 31.3 Å². The quantitative estimate of drug-likeness (QED) is 0.577. The second-order valence-electron chi connectivity index (χ2n) is 4.50. The topological polar surface area (TPSA) is 29.5 Å². The molecule has 4 heteroatoms. The van der Waals surface area contributed by atoms with Crippen molar-refractivity contribution in [1.82, 2.24) is 0 Å². The molecule has 0 aromatic heterocycles. The van der Waals surface area contributed by atoms with E-state index in [4.69, 9.17) is 4.74 Å². The highest BCUT2D eigenvalue weighted by atomic mass is 19.3. The highest BCUT2D eigenvalue weighted by molar-refractivity contribution is 5.08. The predicted molar refractivity (Wildman–Crippen MR) is 63.2 cm³/mol. The first kappa shape index (κ1) is 14.6. The van der Waals surface area contributed by atoms with E-state index in [0.29, 0.717) is 6.42 Å². The second kappa shape index (κ2) is 8.59. The molecule has 0 fully saturated rings. The van der Waals surface area contributed by atoms with Crippen LogP contribution in [0, 0.1) is 0 Å². The monoisotopic (exact) mass is 248 g/mol. The third kappa shape index (κ3) is 6.74. The van der Waals surface area contributed by atoms with E-state index in [9.17, 15) is 13.9 Å². The minimum atomic E-state index is -2.42. The standard InChI is InChI=1S/C13H22F2O2/c14-13(15)10-17-9-8-12(16)11-6-4-2-1-3-5-7-11/h6,12-13,16H,1-5,7-10H2. The van der Waals surface area contributed by atoms with Crippen LogP contribution in [0.15, 0.2) is 11.6 Å². The van der Waals surface area contributed by atoms with Gasteiger partial charge in [-0.1, -0.05) is 18.9 Å². The van der Waals surface area contributed by atoms with Gasteiger partial charge >= 0.3 is 0 Å². The Morgan fingerprint density at radius 1 is 1.24 bits per heavy atom. The summed E-state index contributed by atoms with van der Waals surface area (Å²) < 4.78 is 28.4. The number of rotatable bonds is 6. The lowest BCUT2D eigenvalue weighted by Crippen LogP contribution is -2.16. The molecule has 0 aromatic carbocycles. The Bertz CT molecular complexity index is 229. The third-order valence-electron chi connectivity index (χ3n) is 3.03. The number of aliphatic hydroxyl groups is 1. The summed E-state index contributed by atoms with van der Waals surface area (Å²) in [5, 5.41) is 9.92. The van der Waals surface area contributed by atoms with Crippen molar-refractivity contribution in [3.63, 3.8) is 0 Å². The van der Waals surface area contributed by atoms with E-state index in [2.05, 4.69) is 6.08 Å². The summed E-state index contributed by atoms with van der Waals surface area (Å²) >= 11 is 0. The zero-order chi connectivity index (χ0) is 12.5. The Hall–Kier alpha value is -0.480. The fraction of sp³-hybridized carbons (Fsp3) is 0.846. The first-order chi connectivity index (χ1) is 8.20. The molecule has 0 aliphatic heterocycles. The Morgan fingerprint density at radius 2 is 2.00 bits per heavy atom. The van der Waals surface area contributed by atoms with Crippen LogP contribution in [0.1, 0.15) is 44.9 Å². The van der Waals surface area contributed by atoms with Gasteiger partial charge in [-0.3, -0.25) is 0 Å². The van der Waals surface area contributed by atoms with Crippen molar-refractivity contribution in [2.75, 3.05) is 13.2 Å². The average Bonchev–Trinajstić information content (AvgIpc) is 2.23. The number of ether oxygens (including phenoxy) is 1. The summed E-state index contributed by atoms with van der Waals surface area (Å²) in [6.07, 6.45) is 6.29. The molecule has 0 saturated heterocycles. The number of allylic oxidation sites excluding steroid dienone is 1. The lowest BCUT2D eigenvalue weighted by atomic mass is 9.95. The van der Waals surface area contributed by atoms with E-state index >= 15 is 0 Å². The van der Waals surface area contributed by atoms with E-state index < -0.39 is 19.1 Å². The lowest BCUT2D eigenvalue weighted by Gasteiger charge is -2.17. The molecule has 0 bridgehead atoms. The molecular formula is C13H22F2O2. The van der Waals surface area contributed by atoms with Gasteiger partial charge in [0.1, 0.15) is 6.61 Å². The molecule has 1 rings (SSSR count). The van der Waals surface area contributed by atoms with Crippen LogP contribution in [0.25, 0.3) is 0 Å². The molecule has 17 heavy (non-hydrogen) atoms. The summed E-state index contributed by atoms with van der Waals surface area (Å²) in [4.78, 5) is 0. The molecule has 1 N–H and O–H groups in total. The van der Waals surface area contributed by atoms with Crippen molar-refractivity contribution in [2.45, 2.75) is 57.5 Å². The van der Waals surface area contributed by atoms with Gasteiger partial charge in [0, 0.05) is 13.0 Å². The van der Waals surface area contributed by atoms with Crippen molar-refractivity contribution >= 4 is 0 Å². The second-order valence-corrected chi connectivity index (χ2v) is 4.50. The van der Waals surface area contributed by atoms with E-state index in [0.717, 1.165) is 24.8 Å². The Kier molecular flexibility index (Phi) is 7.37.